The molecule has 0 spiro atoms. The Morgan fingerprint density at radius 3 is 2.75 bits per heavy atom. The van der Waals surface area contributed by atoms with Crippen LogP contribution in [0.3, 0.4) is 0 Å². The summed E-state index contributed by atoms with van der Waals surface area (Å²) in [5.74, 6) is 0. The van der Waals surface area contributed by atoms with Crippen LogP contribution in [0, 0.1) is 6.92 Å². The molecule has 0 N–H and O–H groups in total. The Morgan fingerprint density at radius 2 is 2.00 bits per heavy atom. The van der Waals surface area contributed by atoms with Gasteiger partial charge in [-0.05, 0) is 43.0 Å². The van der Waals surface area contributed by atoms with E-state index in [1.165, 1.54) is 16.8 Å². The number of benzene rings is 2. The molecule has 0 fully saturated rings. The lowest BCUT2D eigenvalue weighted by molar-refractivity contribution is 0.723. The zero-order valence-electron chi connectivity index (χ0n) is 11.2. The summed E-state index contributed by atoms with van der Waals surface area (Å²) in [5.41, 5.74) is 4.68. The molecule has 0 aromatic heterocycles. The van der Waals surface area contributed by atoms with Gasteiger partial charge in [0.25, 0.3) is 0 Å². The van der Waals surface area contributed by atoms with Crippen molar-refractivity contribution in [3.05, 3.63) is 68.7 Å². The van der Waals surface area contributed by atoms with Gasteiger partial charge in [0.05, 0.1) is 6.04 Å². The Balaban J connectivity index is 1.94. The average Bonchev–Trinajstić information content (AvgIpc) is 2.88. The summed E-state index contributed by atoms with van der Waals surface area (Å²) < 4.78 is 1.11. The highest BCUT2D eigenvalue weighted by molar-refractivity contribution is 9.10. The molecule has 0 saturated heterocycles. The van der Waals surface area contributed by atoms with E-state index in [2.05, 4.69) is 53.2 Å². The maximum atomic E-state index is 6.36. The second-order valence-corrected chi connectivity index (χ2v) is 6.40. The van der Waals surface area contributed by atoms with E-state index >= 15 is 0 Å². The van der Waals surface area contributed by atoms with Crippen LogP contribution in [0.1, 0.15) is 35.6 Å². The molecule has 0 aliphatic carbocycles. The van der Waals surface area contributed by atoms with Crippen LogP contribution in [0.4, 0.5) is 0 Å². The molecule has 102 valence electrons. The Kier molecular flexibility index (Phi) is 3.95. The highest BCUT2D eigenvalue weighted by atomic mass is 79.9. The fourth-order valence-electron chi connectivity index (χ4n) is 2.62. The summed E-state index contributed by atoms with van der Waals surface area (Å²) in [7, 11) is 0. The largest absolute Gasteiger partial charge is 0.281 e. The van der Waals surface area contributed by atoms with Gasteiger partial charge in [-0.15, -0.1) is 0 Å². The van der Waals surface area contributed by atoms with Crippen LogP contribution in [-0.2, 0) is 0 Å². The van der Waals surface area contributed by atoms with E-state index in [-0.39, 0.29) is 6.04 Å². The molecule has 3 rings (SSSR count). The van der Waals surface area contributed by atoms with E-state index in [4.69, 9.17) is 16.6 Å². The van der Waals surface area contributed by atoms with Crippen molar-refractivity contribution < 1.29 is 0 Å². The van der Waals surface area contributed by atoms with Crippen LogP contribution in [0.25, 0.3) is 0 Å². The van der Waals surface area contributed by atoms with Crippen LogP contribution < -0.4 is 0 Å². The fraction of sp³-hybridized carbons (Fsp3) is 0.235. The molecular weight excluding hydrogens is 334 g/mol. The van der Waals surface area contributed by atoms with Gasteiger partial charge in [0, 0.05) is 20.8 Å². The Morgan fingerprint density at radius 1 is 1.20 bits per heavy atom. The van der Waals surface area contributed by atoms with Crippen molar-refractivity contribution in [1.82, 2.24) is 0 Å². The summed E-state index contributed by atoms with van der Waals surface area (Å²) in [5, 5.41) is 0.826. The van der Waals surface area contributed by atoms with Crippen LogP contribution in [0.5, 0.6) is 0 Å². The summed E-state index contributed by atoms with van der Waals surface area (Å²) in [6.45, 7) is 2.06. The van der Waals surface area contributed by atoms with Crippen molar-refractivity contribution in [1.29, 1.82) is 0 Å². The third-order valence-electron chi connectivity index (χ3n) is 3.67. The monoisotopic (exact) mass is 347 g/mol. The van der Waals surface area contributed by atoms with Gasteiger partial charge in [-0.1, -0.05) is 57.9 Å². The van der Waals surface area contributed by atoms with Gasteiger partial charge < -0.3 is 0 Å². The van der Waals surface area contributed by atoms with E-state index in [0.29, 0.717) is 0 Å². The van der Waals surface area contributed by atoms with Crippen LogP contribution in [-0.4, -0.2) is 5.71 Å². The highest BCUT2D eigenvalue weighted by Crippen LogP contribution is 2.36. The van der Waals surface area contributed by atoms with Crippen molar-refractivity contribution in [3.8, 4) is 0 Å². The fourth-order valence-corrected chi connectivity index (χ4v) is 3.49. The molecule has 0 bridgehead atoms. The number of hydrogen-bond donors (Lipinski definition) is 0. The number of aliphatic imine (C=N–C) groups is 1. The quantitative estimate of drug-likeness (QED) is 0.656. The van der Waals surface area contributed by atoms with Gasteiger partial charge in [0.15, 0.2) is 0 Å². The second kappa shape index (κ2) is 5.71. The van der Waals surface area contributed by atoms with Crippen molar-refractivity contribution in [2.75, 3.05) is 0 Å². The lowest BCUT2D eigenvalue weighted by Gasteiger charge is -2.09. The van der Waals surface area contributed by atoms with Gasteiger partial charge in [-0.2, -0.15) is 0 Å². The number of nitrogens with zero attached hydrogens (tertiary/aromatic N) is 1. The Bertz CT molecular complexity index is 678. The summed E-state index contributed by atoms with van der Waals surface area (Å²) in [6, 6.07) is 14.7. The molecule has 1 nitrogen and oxygen atoms in total. The minimum absolute atomic E-state index is 0.185. The van der Waals surface area contributed by atoms with E-state index in [0.717, 1.165) is 27.9 Å². The SMILES string of the molecule is Cc1ccc(C2CCC(c3ccccc3Br)=N2)c(Cl)c1. The van der Waals surface area contributed by atoms with Crippen LogP contribution >= 0.6 is 27.5 Å². The molecule has 1 aliphatic heterocycles. The standard InChI is InChI=1S/C17H15BrClN/c1-11-6-7-13(15(19)10-11)17-9-8-16(20-17)12-4-2-3-5-14(12)18/h2-7,10,17H,8-9H2,1H3. The molecule has 1 atom stereocenters. The third-order valence-corrected chi connectivity index (χ3v) is 4.68. The van der Waals surface area contributed by atoms with Crippen LogP contribution in [0.15, 0.2) is 51.9 Å². The average molecular weight is 349 g/mol. The van der Waals surface area contributed by atoms with E-state index in [1.54, 1.807) is 0 Å². The predicted molar refractivity (Wildman–Crippen MR) is 88.8 cm³/mol. The number of halogens is 2. The first-order valence-corrected chi connectivity index (χ1v) is 7.90. The molecule has 20 heavy (non-hydrogen) atoms. The van der Waals surface area contributed by atoms with E-state index in [1.807, 2.05) is 12.1 Å². The lowest BCUT2D eigenvalue weighted by Crippen LogP contribution is -1.96. The van der Waals surface area contributed by atoms with Gasteiger partial charge >= 0.3 is 0 Å². The molecule has 3 heteroatoms. The molecule has 2 aromatic carbocycles. The van der Waals surface area contributed by atoms with Gasteiger partial charge in [-0.3, -0.25) is 4.99 Å². The highest BCUT2D eigenvalue weighted by Gasteiger charge is 2.22. The molecule has 1 heterocycles. The lowest BCUT2D eigenvalue weighted by atomic mass is 10.0. The van der Waals surface area contributed by atoms with Gasteiger partial charge in [-0.25, -0.2) is 0 Å². The zero-order chi connectivity index (χ0) is 14.1. The maximum absolute atomic E-state index is 6.36. The number of aryl methyl sites for hydroxylation is 1. The third kappa shape index (κ3) is 2.68. The first-order chi connectivity index (χ1) is 9.65. The topological polar surface area (TPSA) is 12.4 Å². The molecular formula is C17H15BrClN. The zero-order valence-corrected chi connectivity index (χ0v) is 13.6. The van der Waals surface area contributed by atoms with Crippen LogP contribution in [0.2, 0.25) is 5.02 Å². The van der Waals surface area contributed by atoms with Crippen molar-refractivity contribution in [2.45, 2.75) is 25.8 Å². The normalized spacial score (nSPS) is 18.1. The Labute approximate surface area is 132 Å². The predicted octanol–water partition coefficient (Wildman–Crippen LogP) is 5.74. The van der Waals surface area contributed by atoms with E-state index < -0.39 is 0 Å². The van der Waals surface area contributed by atoms with Gasteiger partial charge in [0.1, 0.15) is 0 Å². The van der Waals surface area contributed by atoms with Crippen molar-refractivity contribution >= 4 is 33.2 Å². The molecule has 1 unspecified atom stereocenters. The first-order valence-electron chi connectivity index (χ1n) is 6.73. The maximum Gasteiger partial charge on any atom is 0.0770 e. The van der Waals surface area contributed by atoms with Crippen molar-refractivity contribution in [2.24, 2.45) is 4.99 Å². The Hall–Kier alpha value is -1.12. The minimum Gasteiger partial charge on any atom is -0.281 e. The van der Waals surface area contributed by atoms with E-state index in [9.17, 15) is 0 Å². The number of hydrogen-bond acceptors (Lipinski definition) is 1. The summed E-state index contributed by atoms with van der Waals surface area (Å²) in [4.78, 5) is 4.88. The summed E-state index contributed by atoms with van der Waals surface area (Å²) >= 11 is 9.96. The minimum atomic E-state index is 0.185. The molecule has 1 aliphatic rings. The number of rotatable bonds is 2. The van der Waals surface area contributed by atoms with Gasteiger partial charge in [0.2, 0.25) is 0 Å². The smallest absolute Gasteiger partial charge is 0.0770 e. The second-order valence-electron chi connectivity index (χ2n) is 5.14. The van der Waals surface area contributed by atoms with Crippen molar-refractivity contribution in [3.63, 3.8) is 0 Å². The molecule has 2 aromatic rings. The summed E-state index contributed by atoms with van der Waals surface area (Å²) in [6.07, 6.45) is 2.02. The molecule has 0 saturated carbocycles. The molecule has 0 amide bonds. The molecule has 0 radical (unpaired) electrons. The first kappa shape index (κ1) is 13.8.